The van der Waals surface area contributed by atoms with E-state index in [1.165, 1.54) is 24.9 Å². The summed E-state index contributed by atoms with van der Waals surface area (Å²) in [5.74, 6) is -0.731. The van der Waals surface area contributed by atoms with Crippen LogP contribution < -0.4 is 10.2 Å². The van der Waals surface area contributed by atoms with Gasteiger partial charge in [0.25, 0.3) is 5.91 Å². The highest BCUT2D eigenvalue weighted by molar-refractivity contribution is 6.00. The van der Waals surface area contributed by atoms with Crippen molar-refractivity contribution in [3.05, 3.63) is 59.7 Å². The Bertz CT molecular complexity index is 810. The summed E-state index contributed by atoms with van der Waals surface area (Å²) in [6.45, 7) is 2.17. The Morgan fingerprint density at radius 1 is 1.00 bits per heavy atom. The molecular formula is C21H22N2O3. The summed E-state index contributed by atoms with van der Waals surface area (Å²) < 4.78 is 5.31. The number of fused-ring (bicyclic) bond motifs is 1. The number of hydrogen-bond acceptors (Lipinski definition) is 4. The number of benzene rings is 2. The van der Waals surface area contributed by atoms with Gasteiger partial charge in [-0.05, 0) is 55.2 Å². The average Bonchev–Trinajstić information content (AvgIpc) is 2.69. The molecule has 26 heavy (non-hydrogen) atoms. The van der Waals surface area contributed by atoms with Crippen molar-refractivity contribution in [3.63, 3.8) is 0 Å². The molecule has 0 bridgehead atoms. The van der Waals surface area contributed by atoms with Crippen LogP contribution in [0.5, 0.6) is 0 Å². The molecule has 1 fully saturated rings. The minimum Gasteiger partial charge on any atom is -0.448 e. The van der Waals surface area contributed by atoms with Crippen molar-refractivity contribution < 1.29 is 14.3 Å². The second kappa shape index (κ2) is 7.20. The van der Waals surface area contributed by atoms with E-state index in [0.29, 0.717) is 17.7 Å². The molecule has 5 nitrogen and oxygen atoms in total. The fraction of sp³-hybridized carbons (Fsp3) is 0.333. The third-order valence-electron chi connectivity index (χ3n) is 5.04. The SMILES string of the molecule is O=C1O[C@H](C(=O)Nc2ccc(N3CCCCC3)cc2)Cc2ccccc21. The number of nitrogens with zero attached hydrogens (tertiary/aromatic N) is 1. The van der Waals surface area contributed by atoms with Gasteiger partial charge in [0.2, 0.25) is 0 Å². The zero-order valence-corrected chi connectivity index (χ0v) is 14.6. The summed E-state index contributed by atoms with van der Waals surface area (Å²) in [5, 5.41) is 2.86. The van der Waals surface area contributed by atoms with Crippen LogP contribution in [0.2, 0.25) is 0 Å². The number of anilines is 2. The maximum absolute atomic E-state index is 12.5. The molecular weight excluding hydrogens is 328 g/mol. The number of esters is 1. The van der Waals surface area contributed by atoms with Gasteiger partial charge in [-0.3, -0.25) is 4.79 Å². The van der Waals surface area contributed by atoms with E-state index in [4.69, 9.17) is 4.74 Å². The van der Waals surface area contributed by atoms with E-state index in [1.54, 1.807) is 12.1 Å². The molecule has 2 aromatic rings. The molecule has 1 N–H and O–H groups in total. The van der Waals surface area contributed by atoms with Crippen molar-refractivity contribution >= 4 is 23.3 Å². The van der Waals surface area contributed by atoms with E-state index in [0.717, 1.165) is 18.7 Å². The Balaban J connectivity index is 1.41. The lowest BCUT2D eigenvalue weighted by Crippen LogP contribution is -2.38. The summed E-state index contributed by atoms with van der Waals surface area (Å²) in [4.78, 5) is 26.9. The predicted octanol–water partition coefficient (Wildman–Crippen LogP) is 3.40. The lowest BCUT2D eigenvalue weighted by Gasteiger charge is -2.29. The fourth-order valence-electron chi connectivity index (χ4n) is 3.61. The first-order valence-electron chi connectivity index (χ1n) is 9.15. The van der Waals surface area contributed by atoms with Crippen LogP contribution in [0, 0.1) is 0 Å². The summed E-state index contributed by atoms with van der Waals surface area (Å²) in [5.41, 5.74) is 3.29. The molecule has 1 amide bonds. The van der Waals surface area contributed by atoms with Crippen LogP contribution in [0.25, 0.3) is 0 Å². The molecule has 2 aliphatic rings. The van der Waals surface area contributed by atoms with Gasteiger partial charge in [-0.15, -0.1) is 0 Å². The first-order valence-corrected chi connectivity index (χ1v) is 9.15. The van der Waals surface area contributed by atoms with Crippen LogP contribution in [-0.2, 0) is 16.0 Å². The van der Waals surface area contributed by atoms with Crippen molar-refractivity contribution in [2.24, 2.45) is 0 Å². The van der Waals surface area contributed by atoms with Crippen molar-refractivity contribution in [3.8, 4) is 0 Å². The van der Waals surface area contributed by atoms with E-state index in [9.17, 15) is 9.59 Å². The van der Waals surface area contributed by atoms with Gasteiger partial charge in [-0.25, -0.2) is 4.79 Å². The summed E-state index contributed by atoms with van der Waals surface area (Å²) >= 11 is 0. The number of piperidine rings is 1. The normalized spacial score (nSPS) is 19.5. The highest BCUT2D eigenvalue weighted by Gasteiger charge is 2.31. The predicted molar refractivity (Wildman–Crippen MR) is 100 cm³/mol. The van der Waals surface area contributed by atoms with Gasteiger partial charge in [0.15, 0.2) is 6.10 Å². The minimum absolute atomic E-state index is 0.293. The third-order valence-corrected chi connectivity index (χ3v) is 5.04. The average molecular weight is 350 g/mol. The Morgan fingerprint density at radius 2 is 1.73 bits per heavy atom. The summed E-state index contributed by atoms with van der Waals surface area (Å²) in [6, 6.07) is 15.1. The maximum atomic E-state index is 12.5. The van der Waals surface area contributed by atoms with E-state index in [-0.39, 0.29) is 5.91 Å². The van der Waals surface area contributed by atoms with Crippen LogP contribution in [0.4, 0.5) is 11.4 Å². The molecule has 2 aromatic carbocycles. The monoisotopic (exact) mass is 350 g/mol. The number of ether oxygens (including phenoxy) is 1. The maximum Gasteiger partial charge on any atom is 0.339 e. The smallest absolute Gasteiger partial charge is 0.339 e. The lowest BCUT2D eigenvalue weighted by atomic mass is 9.98. The summed E-state index contributed by atoms with van der Waals surface area (Å²) in [7, 11) is 0. The zero-order valence-electron chi connectivity index (χ0n) is 14.6. The molecule has 0 saturated carbocycles. The molecule has 2 heterocycles. The van der Waals surface area contributed by atoms with Gasteiger partial charge in [0, 0.05) is 30.9 Å². The van der Waals surface area contributed by atoms with Crippen LogP contribution in [0.15, 0.2) is 48.5 Å². The van der Waals surface area contributed by atoms with Gasteiger partial charge in [-0.1, -0.05) is 18.2 Å². The minimum atomic E-state index is -0.792. The molecule has 0 aromatic heterocycles. The standard InChI is InChI=1S/C21H22N2O3/c24-20(19-14-15-6-2-3-7-18(15)21(25)26-19)22-16-8-10-17(11-9-16)23-12-4-1-5-13-23/h2-3,6-11,19H,1,4-5,12-14H2,(H,22,24)/t19-/m0/s1. The van der Waals surface area contributed by atoms with Crippen molar-refractivity contribution in [2.75, 3.05) is 23.3 Å². The van der Waals surface area contributed by atoms with Crippen molar-refractivity contribution in [1.29, 1.82) is 0 Å². The van der Waals surface area contributed by atoms with Crippen molar-refractivity contribution in [2.45, 2.75) is 31.8 Å². The lowest BCUT2D eigenvalue weighted by molar-refractivity contribution is -0.125. The number of cyclic esters (lactones) is 1. The van der Waals surface area contributed by atoms with E-state index < -0.39 is 12.1 Å². The number of carbonyl (C=O) groups is 2. The molecule has 4 rings (SSSR count). The Morgan fingerprint density at radius 3 is 2.50 bits per heavy atom. The highest BCUT2D eigenvalue weighted by Crippen LogP contribution is 2.24. The summed E-state index contributed by atoms with van der Waals surface area (Å²) in [6.07, 6.45) is 3.37. The zero-order chi connectivity index (χ0) is 17.9. The molecule has 0 spiro atoms. The molecule has 0 unspecified atom stereocenters. The van der Waals surface area contributed by atoms with Gasteiger partial charge in [0.05, 0.1) is 5.56 Å². The van der Waals surface area contributed by atoms with Crippen LogP contribution in [-0.4, -0.2) is 31.1 Å². The number of carbonyl (C=O) groups excluding carboxylic acids is 2. The number of hydrogen-bond donors (Lipinski definition) is 1. The van der Waals surface area contributed by atoms with E-state index in [2.05, 4.69) is 10.2 Å². The molecule has 1 atom stereocenters. The Hall–Kier alpha value is -2.82. The van der Waals surface area contributed by atoms with Crippen LogP contribution >= 0.6 is 0 Å². The highest BCUT2D eigenvalue weighted by atomic mass is 16.5. The topological polar surface area (TPSA) is 58.6 Å². The van der Waals surface area contributed by atoms with Gasteiger partial charge < -0.3 is 15.0 Å². The largest absolute Gasteiger partial charge is 0.448 e. The second-order valence-electron chi connectivity index (χ2n) is 6.84. The Kier molecular flexibility index (Phi) is 4.61. The van der Waals surface area contributed by atoms with Gasteiger partial charge in [0.1, 0.15) is 0 Å². The molecule has 2 aliphatic heterocycles. The third kappa shape index (κ3) is 3.43. The first kappa shape index (κ1) is 16.6. The molecule has 0 aliphatic carbocycles. The van der Waals surface area contributed by atoms with Crippen molar-refractivity contribution in [1.82, 2.24) is 0 Å². The first-order chi connectivity index (χ1) is 12.7. The van der Waals surface area contributed by atoms with E-state index in [1.807, 2.05) is 36.4 Å². The number of nitrogens with one attached hydrogen (secondary N) is 1. The van der Waals surface area contributed by atoms with Gasteiger partial charge in [-0.2, -0.15) is 0 Å². The van der Waals surface area contributed by atoms with Crippen LogP contribution in [0.3, 0.4) is 0 Å². The molecule has 134 valence electrons. The number of amides is 1. The molecule has 5 heteroatoms. The van der Waals surface area contributed by atoms with Crippen LogP contribution in [0.1, 0.15) is 35.2 Å². The molecule has 1 saturated heterocycles. The Labute approximate surface area is 153 Å². The quantitative estimate of drug-likeness (QED) is 0.862. The molecule has 0 radical (unpaired) electrons. The fourth-order valence-corrected chi connectivity index (χ4v) is 3.61. The van der Waals surface area contributed by atoms with Gasteiger partial charge >= 0.3 is 5.97 Å². The van der Waals surface area contributed by atoms with E-state index >= 15 is 0 Å². The second-order valence-corrected chi connectivity index (χ2v) is 6.84. The number of rotatable bonds is 3.